The molecule has 3 aromatic carbocycles. The molecule has 7 nitrogen and oxygen atoms in total. The number of rotatable bonds is 6. The number of carbonyl (C=O) groups excluding carboxylic acids is 1. The second kappa shape index (κ2) is 9.18. The Morgan fingerprint density at radius 2 is 1.70 bits per heavy atom. The molecule has 0 saturated heterocycles. The van der Waals surface area contributed by atoms with Gasteiger partial charge in [-0.3, -0.25) is 13.9 Å². The molecule has 0 unspecified atom stereocenters. The van der Waals surface area contributed by atoms with Crippen LogP contribution in [0.2, 0.25) is 10.0 Å². The van der Waals surface area contributed by atoms with Gasteiger partial charge in [-0.15, -0.1) is 0 Å². The molecule has 1 N–H and O–H groups in total. The number of hydrogen-bond donors (Lipinski definition) is 1. The third-order valence-electron chi connectivity index (χ3n) is 4.83. The van der Waals surface area contributed by atoms with Crippen LogP contribution in [0.3, 0.4) is 0 Å². The van der Waals surface area contributed by atoms with Crippen molar-refractivity contribution >= 4 is 72.1 Å². The second-order valence-corrected chi connectivity index (χ2v) is 10.8. The van der Waals surface area contributed by atoms with Crippen LogP contribution in [0.1, 0.15) is 0 Å². The first-order valence-electron chi connectivity index (χ1n) is 9.58. The molecule has 0 spiro atoms. The van der Waals surface area contributed by atoms with Crippen molar-refractivity contribution in [2.75, 3.05) is 16.2 Å². The number of nitrogens with zero attached hydrogens (tertiary/aromatic N) is 2. The Morgan fingerprint density at radius 3 is 2.36 bits per heavy atom. The van der Waals surface area contributed by atoms with Gasteiger partial charge in [0.1, 0.15) is 6.54 Å². The maximum atomic E-state index is 13.4. The summed E-state index contributed by atoms with van der Waals surface area (Å²) in [4.78, 5) is 24.7. The van der Waals surface area contributed by atoms with Crippen LogP contribution in [-0.4, -0.2) is 25.4 Å². The van der Waals surface area contributed by atoms with Crippen molar-refractivity contribution in [1.82, 2.24) is 4.57 Å². The molecular weight excluding hydrogens is 505 g/mol. The van der Waals surface area contributed by atoms with Crippen LogP contribution in [-0.2, 0) is 21.9 Å². The topological polar surface area (TPSA) is 88.5 Å². The minimum atomic E-state index is -4.10. The van der Waals surface area contributed by atoms with Crippen molar-refractivity contribution < 1.29 is 13.2 Å². The summed E-state index contributed by atoms with van der Waals surface area (Å²) >= 11 is 13.2. The van der Waals surface area contributed by atoms with E-state index >= 15 is 0 Å². The fourth-order valence-corrected chi connectivity index (χ4v) is 6.12. The first-order chi connectivity index (χ1) is 15.6. The second-order valence-electron chi connectivity index (χ2n) is 7.11. The van der Waals surface area contributed by atoms with E-state index in [9.17, 15) is 18.0 Å². The van der Waals surface area contributed by atoms with Crippen LogP contribution in [0, 0.1) is 0 Å². The van der Waals surface area contributed by atoms with Gasteiger partial charge in [0.15, 0.2) is 0 Å². The fourth-order valence-electron chi connectivity index (χ4n) is 3.26. The lowest BCUT2D eigenvalue weighted by atomic mass is 10.3. The highest BCUT2D eigenvalue weighted by atomic mass is 35.5. The predicted octanol–water partition coefficient (Wildman–Crippen LogP) is 4.74. The zero-order chi connectivity index (χ0) is 23.8. The van der Waals surface area contributed by atoms with E-state index in [0.717, 1.165) is 21.2 Å². The Labute approximate surface area is 203 Å². The zero-order valence-electron chi connectivity index (χ0n) is 17.2. The maximum absolute atomic E-state index is 13.4. The smallest absolute Gasteiger partial charge is 0.307 e. The molecule has 0 bridgehead atoms. The molecule has 4 rings (SSSR count). The number of hydrogen-bond acceptors (Lipinski definition) is 5. The summed E-state index contributed by atoms with van der Waals surface area (Å²) in [6.45, 7) is -0.517. The molecule has 0 aliphatic heterocycles. The fraction of sp³-hybridized carbons (Fsp3) is 0.0909. The van der Waals surface area contributed by atoms with Crippen LogP contribution in [0.5, 0.6) is 0 Å². The van der Waals surface area contributed by atoms with Gasteiger partial charge in [0, 0.05) is 22.8 Å². The van der Waals surface area contributed by atoms with Crippen molar-refractivity contribution in [3.05, 3.63) is 86.4 Å². The highest BCUT2D eigenvalue weighted by Crippen LogP contribution is 2.30. The average Bonchev–Trinajstić information content (AvgIpc) is 3.04. The van der Waals surface area contributed by atoms with E-state index in [1.807, 2.05) is 0 Å². The van der Waals surface area contributed by atoms with E-state index < -0.39 is 22.5 Å². The highest BCUT2D eigenvalue weighted by molar-refractivity contribution is 7.92. The number of sulfonamides is 1. The van der Waals surface area contributed by atoms with Gasteiger partial charge in [-0.25, -0.2) is 8.42 Å². The van der Waals surface area contributed by atoms with Gasteiger partial charge in [0.2, 0.25) is 5.91 Å². The summed E-state index contributed by atoms with van der Waals surface area (Å²) in [6.07, 6.45) is 0. The summed E-state index contributed by atoms with van der Waals surface area (Å²) in [5.74, 6) is -0.576. The number of halogens is 2. The summed E-state index contributed by atoms with van der Waals surface area (Å²) in [7, 11) is -2.43. The normalized spacial score (nSPS) is 11.5. The quantitative estimate of drug-likeness (QED) is 0.396. The summed E-state index contributed by atoms with van der Waals surface area (Å²) in [6, 6.07) is 17.1. The number of aromatic nitrogens is 1. The molecule has 1 heterocycles. The van der Waals surface area contributed by atoms with Crippen LogP contribution < -0.4 is 14.5 Å². The third kappa shape index (κ3) is 4.91. The molecular formula is C22H17Cl2N3O4S2. The van der Waals surface area contributed by atoms with Crippen molar-refractivity contribution in [1.29, 1.82) is 0 Å². The highest BCUT2D eigenvalue weighted by Gasteiger charge is 2.27. The van der Waals surface area contributed by atoms with Crippen LogP contribution in [0.15, 0.2) is 76.4 Å². The van der Waals surface area contributed by atoms with E-state index in [1.165, 1.54) is 34.9 Å². The zero-order valence-corrected chi connectivity index (χ0v) is 20.3. The number of nitrogens with one attached hydrogen (secondary N) is 1. The molecule has 0 aliphatic rings. The van der Waals surface area contributed by atoms with Gasteiger partial charge in [-0.1, -0.05) is 52.7 Å². The van der Waals surface area contributed by atoms with Gasteiger partial charge in [0.25, 0.3) is 10.0 Å². The Hall–Kier alpha value is -2.85. The van der Waals surface area contributed by atoms with Gasteiger partial charge < -0.3 is 9.88 Å². The molecule has 11 heteroatoms. The first kappa shape index (κ1) is 23.3. The van der Waals surface area contributed by atoms with Crippen molar-refractivity contribution in [2.45, 2.75) is 4.90 Å². The van der Waals surface area contributed by atoms with E-state index in [1.54, 1.807) is 43.4 Å². The van der Waals surface area contributed by atoms with Gasteiger partial charge >= 0.3 is 4.87 Å². The summed E-state index contributed by atoms with van der Waals surface area (Å²) in [5, 5.41) is 3.16. The number of thiazole rings is 1. The Balaban J connectivity index is 1.67. The minimum absolute atomic E-state index is 0.0179. The van der Waals surface area contributed by atoms with Crippen LogP contribution in [0.4, 0.5) is 11.4 Å². The Kier molecular flexibility index (Phi) is 6.49. The molecule has 170 valence electrons. The molecule has 0 fully saturated rings. The number of anilines is 2. The molecule has 0 saturated carbocycles. The molecule has 1 aromatic heterocycles. The van der Waals surface area contributed by atoms with Gasteiger partial charge in [0.05, 0.1) is 20.8 Å². The summed E-state index contributed by atoms with van der Waals surface area (Å²) < 4.78 is 29.9. The number of aryl methyl sites for hydroxylation is 1. The third-order valence-corrected chi connectivity index (χ3v) is 8.05. The average molecular weight is 522 g/mol. The number of amides is 1. The molecule has 33 heavy (non-hydrogen) atoms. The van der Waals surface area contributed by atoms with E-state index in [4.69, 9.17) is 23.2 Å². The summed E-state index contributed by atoms with van der Waals surface area (Å²) in [5.41, 5.74) is 1.34. The van der Waals surface area contributed by atoms with Crippen LogP contribution in [0.25, 0.3) is 10.2 Å². The van der Waals surface area contributed by atoms with Crippen LogP contribution >= 0.6 is 34.5 Å². The first-order valence-corrected chi connectivity index (χ1v) is 12.6. The number of carbonyl (C=O) groups is 1. The largest absolute Gasteiger partial charge is 0.324 e. The van der Waals surface area contributed by atoms with Crippen molar-refractivity contribution in [2.24, 2.45) is 7.05 Å². The lowest BCUT2D eigenvalue weighted by molar-refractivity contribution is -0.114. The Bertz CT molecular complexity index is 1500. The van der Waals surface area contributed by atoms with Gasteiger partial charge in [-0.05, 0) is 48.5 Å². The predicted molar refractivity (Wildman–Crippen MR) is 133 cm³/mol. The lowest BCUT2D eigenvalue weighted by Crippen LogP contribution is -2.38. The standard InChI is InChI=1S/C22H17Cl2N3O4S2/c1-26-19-8-7-16(12-20(19)32-22(26)29)25-21(28)13-27(17-10-14(23)9-15(24)11-17)33(30,31)18-5-3-2-4-6-18/h2-12H,13H2,1H3,(H,25,28). The number of fused-ring (bicyclic) bond motifs is 1. The maximum Gasteiger partial charge on any atom is 0.307 e. The lowest BCUT2D eigenvalue weighted by Gasteiger charge is -2.24. The van der Waals surface area contributed by atoms with E-state index in [0.29, 0.717) is 10.4 Å². The SMILES string of the molecule is Cn1c(=O)sc2cc(NC(=O)CN(c3cc(Cl)cc(Cl)c3)S(=O)(=O)c3ccccc3)ccc21. The molecule has 0 radical (unpaired) electrons. The molecule has 4 aromatic rings. The molecule has 0 aliphatic carbocycles. The van der Waals surface area contributed by atoms with Gasteiger partial charge in [-0.2, -0.15) is 0 Å². The Morgan fingerprint density at radius 1 is 1.03 bits per heavy atom. The monoisotopic (exact) mass is 521 g/mol. The van der Waals surface area contributed by atoms with Crippen molar-refractivity contribution in [3.8, 4) is 0 Å². The van der Waals surface area contributed by atoms with E-state index in [2.05, 4.69) is 5.32 Å². The van der Waals surface area contributed by atoms with E-state index in [-0.39, 0.29) is 25.5 Å². The van der Waals surface area contributed by atoms with Crippen molar-refractivity contribution in [3.63, 3.8) is 0 Å². The minimum Gasteiger partial charge on any atom is -0.324 e. The number of benzene rings is 3. The molecule has 1 amide bonds. The molecule has 0 atom stereocenters.